The second kappa shape index (κ2) is 8.73. The predicted molar refractivity (Wildman–Crippen MR) is 118 cm³/mol. The van der Waals surface area contributed by atoms with Crippen LogP contribution in [-0.2, 0) is 14.3 Å². The Morgan fingerprint density at radius 1 is 1.03 bits per heavy atom. The Morgan fingerprint density at radius 2 is 1.77 bits per heavy atom. The van der Waals surface area contributed by atoms with Gasteiger partial charge in [0.25, 0.3) is 0 Å². The van der Waals surface area contributed by atoms with E-state index in [0.29, 0.717) is 23.2 Å². The topological polar surface area (TPSA) is 55.8 Å². The van der Waals surface area contributed by atoms with E-state index >= 15 is 0 Å². The number of carbonyl (C=O) groups is 1. The molecule has 0 aliphatic heterocycles. The molecule has 0 aromatic carbocycles. The lowest BCUT2D eigenvalue weighted by atomic mass is 9.44. The third kappa shape index (κ3) is 3.85. The summed E-state index contributed by atoms with van der Waals surface area (Å²) in [6, 6.07) is 0. The van der Waals surface area contributed by atoms with Crippen LogP contribution in [0.2, 0.25) is 0 Å². The minimum Gasteiger partial charge on any atom is -0.438 e. The highest BCUT2D eigenvalue weighted by Gasteiger charge is 2.60. The molecule has 4 aliphatic carbocycles. The van der Waals surface area contributed by atoms with Crippen LogP contribution in [0, 0.1) is 46.3 Å². The quantitative estimate of drug-likeness (QED) is 0.451. The van der Waals surface area contributed by atoms with Crippen LogP contribution < -0.4 is 0 Å². The molecule has 0 amide bonds. The van der Waals surface area contributed by atoms with Gasteiger partial charge in [-0.3, -0.25) is 4.79 Å². The van der Waals surface area contributed by atoms with Crippen molar-refractivity contribution in [3.05, 3.63) is 0 Å². The number of rotatable bonds is 6. The summed E-state index contributed by atoms with van der Waals surface area (Å²) in [5.41, 5.74) is 0.896. The number of hydrogen-bond acceptors (Lipinski definition) is 4. The van der Waals surface area contributed by atoms with E-state index in [2.05, 4.69) is 20.8 Å². The van der Waals surface area contributed by atoms with Gasteiger partial charge in [0, 0.05) is 13.5 Å². The highest BCUT2D eigenvalue weighted by Crippen LogP contribution is 2.68. The van der Waals surface area contributed by atoms with Crippen LogP contribution in [0.3, 0.4) is 0 Å². The molecule has 4 nitrogen and oxygen atoms in total. The van der Waals surface area contributed by atoms with Crippen molar-refractivity contribution in [1.29, 1.82) is 0 Å². The van der Waals surface area contributed by atoms with Crippen molar-refractivity contribution in [3.63, 3.8) is 0 Å². The molecule has 4 rings (SSSR count). The number of methoxy groups -OCH3 is 1. The van der Waals surface area contributed by atoms with Crippen LogP contribution in [0.25, 0.3) is 0 Å². The van der Waals surface area contributed by atoms with Gasteiger partial charge in [-0.1, -0.05) is 20.8 Å². The first-order valence-corrected chi connectivity index (χ1v) is 12.6. The maximum atomic E-state index is 11.9. The number of aliphatic hydroxyl groups excluding tert-OH is 1. The van der Waals surface area contributed by atoms with Crippen LogP contribution in [-0.4, -0.2) is 31.1 Å². The van der Waals surface area contributed by atoms with Crippen molar-refractivity contribution in [2.24, 2.45) is 46.3 Å². The van der Waals surface area contributed by atoms with Crippen molar-refractivity contribution in [2.45, 2.75) is 97.5 Å². The zero-order chi connectivity index (χ0) is 21.5. The summed E-state index contributed by atoms with van der Waals surface area (Å²) in [7, 11) is 1.55. The Labute approximate surface area is 183 Å². The van der Waals surface area contributed by atoms with E-state index in [9.17, 15) is 9.90 Å². The lowest BCUT2D eigenvalue weighted by Gasteiger charge is -2.61. The van der Waals surface area contributed by atoms with E-state index in [1.54, 1.807) is 7.11 Å². The van der Waals surface area contributed by atoms with Gasteiger partial charge < -0.3 is 14.6 Å². The number of fused-ring (bicyclic) bond motifs is 5. The number of aliphatic hydroxyl groups is 1. The Bertz CT molecular complexity index is 620. The molecule has 30 heavy (non-hydrogen) atoms. The highest BCUT2D eigenvalue weighted by atomic mass is 16.7. The Morgan fingerprint density at radius 3 is 2.53 bits per heavy atom. The molecule has 172 valence electrons. The Kier molecular flexibility index (Phi) is 6.57. The van der Waals surface area contributed by atoms with Gasteiger partial charge in [0.1, 0.15) is 0 Å². The molecule has 1 N–H and O–H groups in total. The van der Waals surface area contributed by atoms with Crippen molar-refractivity contribution < 1.29 is 19.4 Å². The molecule has 0 spiro atoms. The molecule has 0 aromatic heterocycles. The minimum absolute atomic E-state index is 0.0548. The van der Waals surface area contributed by atoms with Gasteiger partial charge in [-0.2, -0.15) is 0 Å². The molecule has 0 radical (unpaired) electrons. The minimum atomic E-state index is -0.127. The summed E-state index contributed by atoms with van der Waals surface area (Å²) in [5, 5.41) is 10.2. The molecule has 0 saturated heterocycles. The summed E-state index contributed by atoms with van der Waals surface area (Å²) in [6.45, 7) is 7.60. The van der Waals surface area contributed by atoms with Crippen molar-refractivity contribution >= 4 is 5.97 Å². The van der Waals surface area contributed by atoms with Gasteiger partial charge in [0.15, 0.2) is 6.79 Å². The van der Waals surface area contributed by atoms with Crippen molar-refractivity contribution in [3.8, 4) is 0 Å². The summed E-state index contributed by atoms with van der Waals surface area (Å²) in [4.78, 5) is 11.9. The number of hydrogen-bond donors (Lipinski definition) is 1. The SMILES string of the molecule is COCOC(=O)CC[C@@H](C)[C@H]1CCC2[C@@H]3CC[C@@H]4C[C@H](O)CC[C@]4(C)[C@H]3CC[C@@]21C. The molecule has 9 atom stereocenters. The Hall–Kier alpha value is -0.610. The maximum Gasteiger partial charge on any atom is 0.307 e. The first-order chi connectivity index (χ1) is 14.3. The van der Waals surface area contributed by atoms with Gasteiger partial charge in [-0.25, -0.2) is 0 Å². The molecule has 1 unspecified atom stereocenters. The fourth-order valence-corrected chi connectivity index (χ4v) is 8.95. The number of carbonyl (C=O) groups excluding carboxylic acids is 1. The van der Waals surface area contributed by atoms with Crippen LogP contribution in [0.5, 0.6) is 0 Å². The van der Waals surface area contributed by atoms with Crippen LogP contribution in [0.4, 0.5) is 0 Å². The third-order valence-corrected chi connectivity index (χ3v) is 10.5. The molecule has 0 aromatic rings. The van der Waals surface area contributed by atoms with Gasteiger partial charge >= 0.3 is 5.97 Å². The van der Waals surface area contributed by atoms with E-state index in [-0.39, 0.29) is 18.9 Å². The highest BCUT2D eigenvalue weighted by molar-refractivity contribution is 5.69. The zero-order valence-electron chi connectivity index (χ0n) is 19.7. The second-order valence-electron chi connectivity index (χ2n) is 11.8. The zero-order valence-corrected chi connectivity index (χ0v) is 19.7. The number of ether oxygens (including phenoxy) is 2. The monoisotopic (exact) mass is 420 g/mol. The van der Waals surface area contributed by atoms with Gasteiger partial charge in [0.2, 0.25) is 0 Å². The number of esters is 1. The van der Waals surface area contributed by atoms with Gasteiger partial charge in [-0.05, 0) is 111 Å². The Balaban J connectivity index is 1.42. The van der Waals surface area contributed by atoms with E-state index in [0.717, 1.165) is 48.9 Å². The smallest absolute Gasteiger partial charge is 0.307 e. The standard InChI is InChI=1S/C26H44O4/c1-17(5-10-24(28)30-16-29-4)21-8-9-22-20-7-6-18-15-19(27)11-13-25(18,2)23(20)12-14-26(21,22)3/h17-23,27H,5-16H2,1-4H3/t17-,18-,19-,20+,21-,22?,23+,25+,26-/m1/s1. The lowest BCUT2D eigenvalue weighted by molar-refractivity contribution is -0.154. The first kappa shape index (κ1) is 22.6. The maximum absolute atomic E-state index is 11.9. The molecule has 4 heteroatoms. The van der Waals surface area contributed by atoms with Gasteiger partial charge in [-0.15, -0.1) is 0 Å². The van der Waals surface area contributed by atoms with Crippen LogP contribution >= 0.6 is 0 Å². The van der Waals surface area contributed by atoms with E-state index in [1.165, 1.54) is 44.9 Å². The fraction of sp³-hybridized carbons (Fsp3) is 0.962. The summed E-state index contributed by atoms with van der Waals surface area (Å²) >= 11 is 0. The largest absolute Gasteiger partial charge is 0.438 e. The molecule has 0 bridgehead atoms. The second-order valence-corrected chi connectivity index (χ2v) is 11.8. The van der Waals surface area contributed by atoms with E-state index in [1.807, 2.05) is 0 Å². The predicted octanol–water partition coefficient (Wildman–Crippen LogP) is 5.57. The molecule has 0 heterocycles. The summed E-state index contributed by atoms with van der Waals surface area (Å²) in [5.74, 6) is 4.51. The summed E-state index contributed by atoms with van der Waals surface area (Å²) < 4.78 is 9.95. The lowest BCUT2D eigenvalue weighted by Crippen LogP contribution is -2.54. The average Bonchev–Trinajstić information content (AvgIpc) is 3.08. The van der Waals surface area contributed by atoms with Crippen LogP contribution in [0.1, 0.15) is 91.4 Å². The molecule has 4 saturated carbocycles. The first-order valence-electron chi connectivity index (χ1n) is 12.6. The van der Waals surface area contributed by atoms with Crippen molar-refractivity contribution in [2.75, 3.05) is 13.9 Å². The normalized spacial score (nSPS) is 46.4. The van der Waals surface area contributed by atoms with Crippen LogP contribution in [0.15, 0.2) is 0 Å². The van der Waals surface area contributed by atoms with E-state index < -0.39 is 0 Å². The molecular formula is C26H44O4. The van der Waals surface area contributed by atoms with Crippen molar-refractivity contribution in [1.82, 2.24) is 0 Å². The molecule has 4 fully saturated rings. The fourth-order valence-electron chi connectivity index (χ4n) is 8.95. The average molecular weight is 421 g/mol. The van der Waals surface area contributed by atoms with E-state index in [4.69, 9.17) is 9.47 Å². The molecular weight excluding hydrogens is 376 g/mol. The van der Waals surface area contributed by atoms with Gasteiger partial charge in [0.05, 0.1) is 6.10 Å². The summed E-state index contributed by atoms with van der Waals surface area (Å²) in [6.07, 6.45) is 12.8. The molecule has 4 aliphatic rings. The third-order valence-electron chi connectivity index (χ3n) is 10.5.